The van der Waals surface area contributed by atoms with Crippen molar-refractivity contribution in [1.29, 1.82) is 0 Å². The van der Waals surface area contributed by atoms with Gasteiger partial charge in [-0.15, -0.1) is 0 Å². The molecule has 0 unspecified atom stereocenters. The summed E-state index contributed by atoms with van der Waals surface area (Å²) >= 11 is 0. The number of carbonyl (C=O) groups is 2. The van der Waals surface area contributed by atoms with Gasteiger partial charge in [0, 0.05) is 19.5 Å². The summed E-state index contributed by atoms with van der Waals surface area (Å²) in [7, 11) is 0. The van der Waals surface area contributed by atoms with Crippen molar-refractivity contribution in [3.8, 4) is 0 Å². The third kappa shape index (κ3) is 12.9. The zero-order valence-electron chi connectivity index (χ0n) is 9.72. The average Bonchev–Trinajstić information content (AvgIpc) is 2.27. The molecule has 6 heteroatoms. The molecule has 0 aliphatic rings. The molecule has 0 saturated heterocycles. The summed E-state index contributed by atoms with van der Waals surface area (Å²) < 4.78 is 0. The van der Waals surface area contributed by atoms with Crippen molar-refractivity contribution in [2.24, 2.45) is 5.84 Å². The quantitative estimate of drug-likeness (QED) is 0.264. The first-order valence-electron chi connectivity index (χ1n) is 5.17. The summed E-state index contributed by atoms with van der Waals surface area (Å²) in [6.07, 6.45) is 0.457. The summed E-state index contributed by atoms with van der Waals surface area (Å²) in [5, 5.41) is 5.19. The summed E-state index contributed by atoms with van der Waals surface area (Å²) in [6, 6.07) is 0. The minimum absolute atomic E-state index is 0.0220. The SMILES string of the molecule is CC.CCC(=O)NCCNC(=O)CNN. The number of hydrogen-bond donors (Lipinski definition) is 4. The molecule has 0 aromatic rings. The Morgan fingerprint density at radius 3 is 1.93 bits per heavy atom. The molecule has 0 heterocycles. The summed E-state index contributed by atoms with van der Waals surface area (Å²) in [5.41, 5.74) is 2.23. The zero-order valence-corrected chi connectivity index (χ0v) is 9.72. The molecule has 0 aromatic heterocycles. The van der Waals surface area contributed by atoms with E-state index in [2.05, 4.69) is 16.1 Å². The van der Waals surface area contributed by atoms with Gasteiger partial charge in [0.05, 0.1) is 6.54 Å². The van der Waals surface area contributed by atoms with E-state index in [1.807, 2.05) is 13.8 Å². The van der Waals surface area contributed by atoms with Gasteiger partial charge >= 0.3 is 0 Å². The minimum Gasteiger partial charge on any atom is -0.354 e. The lowest BCUT2D eigenvalue weighted by Crippen LogP contribution is -2.40. The van der Waals surface area contributed by atoms with Crippen LogP contribution in [-0.2, 0) is 9.59 Å². The van der Waals surface area contributed by atoms with Gasteiger partial charge < -0.3 is 10.6 Å². The fraction of sp³-hybridized carbons (Fsp3) is 0.778. The highest BCUT2D eigenvalue weighted by Crippen LogP contribution is 1.72. The molecule has 0 saturated carbocycles. The molecule has 0 aliphatic heterocycles. The highest BCUT2D eigenvalue weighted by Gasteiger charge is 1.98. The largest absolute Gasteiger partial charge is 0.354 e. The Labute approximate surface area is 90.9 Å². The van der Waals surface area contributed by atoms with Crippen LogP contribution in [0.15, 0.2) is 0 Å². The van der Waals surface area contributed by atoms with E-state index in [0.717, 1.165) is 0 Å². The predicted octanol–water partition coefficient (Wildman–Crippen LogP) is -0.882. The maximum Gasteiger partial charge on any atom is 0.235 e. The van der Waals surface area contributed by atoms with E-state index in [1.54, 1.807) is 6.92 Å². The number of carbonyl (C=O) groups excluding carboxylic acids is 2. The normalized spacial score (nSPS) is 8.53. The number of nitrogens with one attached hydrogen (secondary N) is 3. The second-order valence-corrected chi connectivity index (χ2v) is 2.43. The first-order chi connectivity index (χ1) is 7.20. The third-order valence-electron chi connectivity index (χ3n) is 1.35. The Balaban J connectivity index is 0. The molecule has 0 fully saturated rings. The lowest BCUT2D eigenvalue weighted by molar-refractivity contribution is -0.122. The van der Waals surface area contributed by atoms with Crippen LogP contribution in [0.2, 0.25) is 0 Å². The monoisotopic (exact) mass is 218 g/mol. The first-order valence-corrected chi connectivity index (χ1v) is 5.17. The van der Waals surface area contributed by atoms with Crippen LogP contribution >= 0.6 is 0 Å². The molecule has 6 nitrogen and oxygen atoms in total. The average molecular weight is 218 g/mol. The number of nitrogens with two attached hydrogens (primary N) is 1. The Hall–Kier alpha value is -1.14. The molecule has 90 valence electrons. The van der Waals surface area contributed by atoms with Crippen LogP contribution in [0.25, 0.3) is 0 Å². The van der Waals surface area contributed by atoms with Crippen molar-refractivity contribution in [2.75, 3.05) is 19.6 Å². The van der Waals surface area contributed by atoms with Crippen LogP contribution in [0.1, 0.15) is 27.2 Å². The molecule has 15 heavy (non-hydrogen) atoms. The fourth-order valence-electron chi connectivity index (χ4n) is 0.684. The van der Waals surface area contributed by atoms with Crippen LogP contribution in [0, 0.1) is 0 Å². The van der Waals surface area contributed by atoms with E-state index in [9.17, 15) is 9.59 Å². The second kappa shape index (κ2) is 12.9. The van der Waals surface area contributed by atoms with Crippen molar-refractivity contribution in [1.82, 2.24) is 16.1 Å². The van der Waals surface area contributed by atoms with Gasteiger partial charge in [0.25, 0.3) is 0 Å². The Bertz CT molecular complexity index is 173. The molecule has 5 N–H and O–H groups in total. The van der Waals surface area contributed by atoms with E-state index in [-0.39, 0.29) is 18.4 Å². The lowest BCUT2D eigenvalue weighted by Gasteiger charge is -2.05. The van der Waals surface area contributed by atoms with Gasteiger partial charge in [-0.1, -0.05) is 20.8 Å². The third-order valence-corrected chi connectivity index (χ3v) is 1.35. The maximum atomic E-state index is 10.8. The van der Waals surface area contributed by atoms with Crippen molar-refractivity contribution in [3.63, 3.8) is 0 Å². The molecule has 0 rings (SSSR count). The van der Waals surface area contributed by atoms with Crippen molar-refractivity contribution >= 4 is 11.8 Å². The predicted molar refractivity (Wildman–Crippen MR) is 59.8 cm³/mol. The molecule has 0 aromatic carbocycles. The smallest absolute Gasteiger partial charge is 0.235 e. The second-order valence-electron chi connectivity index (χ2n) is 2.43. The Morgan fingerprint density at radius 1 is 1.07 bits per heavy atom. The van der Waals surface area contributed by atoms with Gasteiger partial charge in [0.1, 0.15) is 0 Å². The van der Waals surface area contributed by atoms with Gasteiger partial charge in [0.15, 0.2) is 0 Å². The number of rotatable bonds is 6. The van der Waals surface area contributed by atoms with Crippen LogP contribution in [0.4, 0.5) is 0 Å². The molecule has 0 aliphatic carbocycles. The van der Waals surface area contributed by atoms with E-state index >= 15 is 0 Å². The summed E-state index contributed by atoms with van der Waals surface area (Å²) in [6.45, 7) is 6.73. The number of amides is 2. The number of hydrazine groups is 1. The van der Waals surface area contributed by atoms with Gasteiger partial charge in [-0.2, -0.15) is 0 Å². The molecular formula is C9H22N4O2. The van der Waals surface area contributed by atoms with Crippen LogP contribution in [-0.4, -0.2) is 31.4 Å². The van der Waals surface area contributed by atoms with Crippen molar-refractivity contribution < 1.29 is 9.59 Å². The fourth-order valence-corrected chi connectivity index (χ4v) is 0.684. The lowest BCUT2D eigenvalue weighted by atomic mass is 10.4. The molecule has 2 amide bonds. The molecule has 0 radical (unpaired) electrons. The van der Waals surface area contributed by atoms with Crippen LogP contribution in [0.5, 0.6) is 0 Å². The van der Waals surface area contributed by atoms with E-state index in [0.29, 0.717) is 19.5 Å². The maximum absolute atomic E-state index is 10.8. The van der Waals surface area contributed by atoms with E-state index in [4.69, 9.17) is 5.84 Å². The van der Waals surface area contributed by atoms with Gasteiger partial charge in [-0.3, -0.25) is 20.9 Å². The van der Waals surface area contributed by atoms with Crippen LogP contribution in [0.3, 0.4) is 0 Å². The summed E-state index contributed by atoms with van der Waals surface area (Å²) in [4.78, 5) is 21.5. The Kier molecular flexibility index (Phi) is 14.0. The standard InChI is InChI=1S/C7H16N4O2.C2H6/c1-2-6(12)9-3-4-10-7(13)5-11-8;1-2/h11H,2-5,8H2,1H3,(H,9,12)(H,10,13);1-2H3. The molecule has 0 atom stereocenters. The van der Waals surface area contributed by atoms with Gasteiger partial charge in [-0.25, -0.2) is 0 Å². The van der Waals surface area contributed by atoms with E-state index < -0.39 is 0 Å². The molecular weight excluding hydrogens is 196 g/mol. The van der Waals surface area contributed by atoms with Gasteiger partial charge in [0.2, 0.25) is 11.8 Å². The van der Waals surface area contributed by atoms with Crippen LogP contribution < -0.4 is 21.9 Å². The molecule has 0 spiro atoms. The first kappa shape index (κ1) is 16.3. The summed E-state index contributed by atoms with van der Waals surface area (Å²) in [5.74, 6) is 4.71. The minimum atomic E-state index is -0.187. The zero-order chi connectivity index (χ0) is 12.1. The highest BCUT2D eigenvalue weighted by molar-refractivity contribution is 5.78. The van der Waals surface area contributed by atoms with Crippen molar-refractivity contribution in [3.05, 3.63) is 0 Å². The Morgan fingerprint density at radius 2 is 1.53 bits per heavy atom. The van der Waals surface area contributed by atoms with E-state index in [1.165, 1.54) is 0 Å². The number of hydrogen-bond acceptors (Lipinski definition) is 4. The highest BCUT2D eigenvalue weighted by atomic mass is 16.2. The van der Waals surface area contributed by atoms with Gasteiger partial charge in [-0.05, 0) is 0 Å². The van der Waals surface area contributed by atoms with Crippen molar-refractivity contribution in [2.45, 2.75) is 27.2 Å². The molecule has 0 bridgehead atoms. The topological polar surface area (TPSA) is 96.2 Å².